The quantitative estimate of drug-likeness (QED) is 0.858. The molecule has 1 N–H and O–H groups in total. The largest absolute Gasteiger partial charge is 0.497 e. The Labute approximate surface area is 143 Å². The SMILES string of the molecule is COc1ccc(C=CC(C(=O)O)C23CC4CC(CC(C4)C2)C3)cc1. The highest BCUT2D eigenvalue weighted by atomic mass is 16.5. The first-order chi connectivity index (χ1) is 11.6. The number of rotatable bonds is 5. The molecule has 4 aliphatic carbocycles. The molecule has 3 heteroatoms. The van der Waals surface area contributed by atoms with Gasteiger partial charge in [0.1, 0.15) is 5.75 Å². The molecule has 0 saturated heterocycles. The second-order valence-electron chi connectivity index (χ2n) is 8.23. The maximum atomic E-state index is 12.1. The van der Waals surface area contributed by atoms with Gasteiger partial charge >= 0.3 is 5.97 Å². The van der Waals surface area contributed by atoms with Crippen molar-refractivity contribution in [2.75, 3.05) is 7.11 Å². The van der Waals surface area contributed by atoms with E-state index in [0.717, 1.165) is 48.3 Å². The van der Waals surface area contributed by atoms with E-state index >= 15 is 0 Å². The van der Waals surface area contributed by atoms with Gasteiger partial charge in [0, 0.05) is 0 Å². The molecule has 5 rings (SSSR count). The summed E-state index contributed by atoms with van der Waals surface area (Å²) in [5.74, 6) is 2.13. The van der Waals surface area contributed by atoms with Crippen molar-refractivity contribution < 1.29 is 14.6 Å². The Balaban J connectivity index is 1.58. The highest BCUT2D eigenvalue weighted by Crippen LogP contribution is 2.63. The van der Waals surface area contributed by atoms with Crippen LogP contribution in [0, 0.1) is 29.1 Å². The Morgan fingerprint density at radius 3 is 2.12 bits per heavy atom. The molecule has 0 aromatic heterocycles. The number of hydrogen-bond donors (Lipinski definition) is 1. The summed E-state index contributed by atoms with van der Waals surface area (Å²) in [6.07, 6.45) is 11.3. The minimum Gasteiger partial charge on any atom is -0.497 e. The van der Waals surface area contributed by atoms with Gasteiger partial charge in [-0.2, -0.15) is 0 Å². The van der Waals surface area contributed by atoms with E-state index in [2.05, 4.69) is 0 Å². The average molecular weight is 326 g/mol. The van der Waals surface area contributed by atoms with Crippen LogP contribution < -0.4 is 4.74 Å². The molecule has 0 radical (unpaired) electrons. The van der Waals surface area contributed by atoms with E-state index in [1.54, 1.807) is 7.11 Å². The maximum absolute atomic E-state index is 12.1. The summed E-state index contributed by atoms with van der Waals surface area (Å²) < 4.78 is 5.18. The molecule has 1 aromatic carbocycles. The highest BCUT2D eigenvalue weighted by Gasteiger charge is 2.55. The zero-order valence-electron chi connectivity index (χ0n) is 14.3. The van der Waals surface area contributed by atoms with Gasteiger partial charge in [0.15, 0.2) is 0 Å². The molecule has 0 amide bonds. The zero-order valence-corrected chi connectivity index (χ0v) is 14.3. The minimum absolute atomic E-state index is 0.00353. The standard InChI is InChI=1S/C21H26O3/c1-24-18-5-2-14(3-6-18)4-7-19(20(22)23)21-11-15-8-16(12-21)10-17(9-15)13-21/h2-7,15-17,19H,8-13H2,1H3,(H,22,23). The summed E-state index contributed by atoms with van der Waals surface area (Å²) in [5, 5.41) is 9.92. The molecule has 128 valence electrons. The lowest BCUT2D eigenvalue weighted by molar-refractivity contribution is -0.153. The molecule has 4 fully saturated rings. The molecule has 24 heavy (non-hydrogen) atoms. The average Bonchev–Trinajstić information content (AvgIpc) is 2.54. The van der Waals surface area contributed by atoms with Gasteiger partial charge in [0.05, 0.1) is 13.0 Å². The Morgan fingerprint density at radius 1 is 1.12 bits per heavy atom. The van der Waals surface area contributed by atoms with Gasteiger partial charge in [-0.15, -0.1) is 0 Å². The lowest BCUT2D eigenvalue weighted by Crippen LogP contribution is -2.50. The number of hydrogen-bond acceptors (Lipinski definition) is 2. The highest BCUT2D eigenvalue weighted by molar-refractivity contribution is 5.75. The minimum atomic E-state index is -0.651. The number of carboxylic acid groups (broad SMARTS) is 1. The van der Waals surface area contributed by atoms with E-state index in [0.29, 0.717) is 0 Å². The van der Waals surface area contributed by atoms with Crippen LogP contribution >= 0.6 is 0 Å². The topological polar surface area (TPSA) is 46.5 Å². The summed E-state index contributed by atoms with van der Waals surface area (Å²) in [4.78, 5) is 12.1. The van der Waals surface area contributed by atoms with Crippen LogP contribution in [0.3, 0.4) is 0 Å². The van der Waals surface area contributed by atoms with Crippen LogP contribution in [0.2, 0.25) is 0 Å². The Hall–Kier alpha value is -1.77. The molecule has 1 unspecified atom stereocenters. The molecular formula is C21H26O3. The van der Waals surface area contributed by atoms with Crippen LogP contribution in [0.4, 0.5) is 0 Å². The predicted molar refractivity (Wildman–Crippen MR) is 93.8 cm³/mol. The van der Waals surface area contributed by atoms with E-state index in [4.69, 9.17) is 4.74 Å². The summed E-state index contributed by atoms with van der Waals surface area (Å²) in [5.41, 5.74) is 1.04. The van der Waals surface area contributed by atoms with Crippen LogP contribution in [0.15, 0.2) is 30.3 Å². The van der Waals surface area contributed by atoms with Gasteiger partial charge in [-0.25, -0.2) is 0 Å². The van der Waals surface area contributed by atoms with Crippen LogP contribution in [-0.4, -0.2) is 18.2 Å². The van der Waals surface area contributed by atoms with Crippen molar-refractivity contribution in [2.45, 2.75) is 38.5 Å². The third-order valence-corrected chi connectivity index (χ3v) is 6.61. The zero-order chi connectivity index (χ0) is 16.7. The van der Waals surface area contributed by atoms with Crippen LogP contribution in [0.1, 0.15) is 44.1 Å². The second kappa shape index (κ2) is 5.94. The van der Waals surface area contributed by atoms with Crippen LogP contribution in [0.5, 0.6) is 5.75 Å². The fourth-order valence-corrected chi connectivity index (χ4v) is 6.03. The third kappa shape index (κ3) is 2.74. The van der Waals surface area contributed by atoms with Gasteiger partial charge in [-0.05, 0) is 79.4 Å². The van der Waals surface area contributed by atoms with Crippen molar-refractivity contribution in [3.8, 4) is 5.75 Å². The van der Waals surface area contributed by atoms with Crippen molar-refractivity contribution in [1.29, 1.82) is 0 Å². The van der Waals surface area contributed by atoms with E-state index in [1.165, 1.54) is 19.3 Å². The molecule has 3 nitrogen and oxygen atoms in total. The molecule has 0 aliphatic heterocycles. The lowest BCUT2D eigenvalue weighted by atomic mass is 9.46. The van der Waals surface area contributed by atoms with E-state index in [1.807, 2.05) is 36.4 Å². The number of ether oxygens (including phenoxy) is 1. The third-order valence-electron chi connectivity index (χ3n) is 6.61. The van der Waals surface area contributed by atoms with Crippen LogP contribution in [0.25, 0.3) is 6.08 Å². The first-order valence-electron chi connectivity index (χ1n) is 9.13. The molecule has 0 spiro atoms. The maximum Gasteiger partial charge on any atom is 0.310 e. The number of carboxylic acids is 1. The first kappa shape index (κ1) is 15.7. The monoisotopic (exact) mass is 326 g/mol. The summed E-state index contributed by atoms with van der Waals surface area (Å²) >= 11 is 0. The molecule has 4 bridgehead atoms. The van der Waals surface area contributed by atoms with Crippen molar-refractivity contribution in [2.24, 2.45) is 29.1 Å². The smallest absolute Gasteiger partial charge is 0.310 e. The van der Waals surface area contributed by atoms with Gasteiger partial charge < -0.3 is 9.84 Å². The van der Waals surface area contributed by atoms with Crippen molar-refractivity contribution in [3.05, 3.63) is 35.9 Å². The molecule has 4 aliphatic rings. The predicted octanol–water partition coefficient (Wildman–Crippen LogP) is 4.63. The summed E-state index contributed by atoms with van der Waals surface area (Å²) in [7, 11) is 1.65. The number of carbonyl (C=O) groups is 1. The van der Waals surface area contributed by atoms with Crippen molar-refractivity contribution >= 4 is 12.0 Å². The molecule has 0 heterocycles. The molecule has 1 aromatic rings. The van der Waals surface area contributed by atoms with E-state index in [9.17, 15) is 9.90 Å². The summed E-state index contributed by atoms with van der Waals surface area (Å²) in [6, 6.07) is 7.79. The Morgan fingerprint density at radius 2 is 1.67 bits per heavy atom. The van der Waals surface area contributed by atoms with E-state index in [-0.39, 0.29) is 11.3 Å². The fraction of sp³-hybridized carbons (Fsp3) is 0.571. The number of aliphatic carboxylic acids is 1. The summed E-state index contributed by atoms with van der Waals surface area (Å²) in [6.45, 7) is 0. The fourth-order valence-electron chi connectivity index (χ4n) is 6.03. The van der Waals surface area contributed by atoms with E-state index < -0.39 is 5.97 Å². The van der Waals surface area contributed by atoms with Gasteiger partial charge in [0.2, 0.25) is 0 Å². The van der Waals surface area contributed by atoms with Crippen molar-refractivity contribution in [1.82, 2.24) is 0 Å². The first-order valence-corrected chi connectivity index (χ1v) is 9.13. The lowest BCUT2D eigenvalue weighted by Gasteiger charge is -2.58. The molecule has 1 atom stereocenters. The Kier molecular flexibility index (Phi) is 3.90. The van der Waals surface area contributed by atoms with Gasteiger partial charge in [-0.1, -0.05) is 24.3 Å². The van der Waals surface area contributed by atoms with Crippen molar-refractivity contribution in [3.63, 3.8) is 0 Å². The number of benzene rings is 1. The van der Waals surface area contributed by atoms with Gasteiger partial charge in [0.25, 0.3) is 0 Å². The van der Waals surface area contributed by atoms with Crippen LogP contribution in [-0.2, 0) is 4.79 Å². The molecular weight excluding hydrogens is 300 g/mol. The van der Waals surface area contributed by atoms with Gasteiger partial charge in [-0.3, -0.25) is 4.79 Å². The number of methoxy groups -OCH3 is 1. The second-order valence-corrected chi connectivity index (χ2v) is 8.23. The Bertz CT molecular complexity index is 608. The molecule has 4 saturated carbocycles. The normalized spacial score (nSPS) is 35.3.